The Labute approximate surface area is 385 Å². The topological polar surface area (TPSA) is 41.5 Å². The molecule has 0 fully saturated rings. The van der Waals surface area contributed by atoms with E-state index in [1.54, 1.807) is 0 Å². The summed E-state index contributed by atoms with van der Waals surface area (Å²) < 4.78 is 26.5. The zero-order valence-electron chi connectivity index (χ0n) is 39.1. The number of ether oxygens (including phenoxy) is 2. The van der Waals surface area contributed by atoms with Crippen LogP contribution in [0.5, 0.6) is 23.0 Å². The summed E-state index contributed by atoms with van der Waals surface area (Å²) in [5.74, 6) is 3.27. The minimum atomic E-state index is -0.193. The molecule has 322 valence electrons. The highest BCUT2D eigenvalue weighted by Gasteiger charge is 2.43. The molecular formula is C60H51BN2O3. The summed E-state index contributed by atoms with van der Waals surface area (Å²) in [4.78, 5) is 0. The summed E-state index contributed by atoms with van der Waals surface area (Å²) in [7, 11) is 0. The fraction of sp³-hybridized carbons (Fsp3) is 0.200. The van der Waals surface area contributed by atoms with Crippen LogP contribution in [0.3, 0.4) is 0 Å². The van der Waals surface area contributed by atoms with Crippen molar-refractivity contribution in [3.05, 3.63) is 162 Å². The molecule has 0 N–H and O–H groups in total. The van der Waals surface area contributed by atoms with Gasteiger partial charge in [0.2, 0.25) is 0 Å². The highest BCUT2D eigenvalue weighted by molar-refractivity contribution is 6.98. The Bertz CT molecular complexity index is 3770. The second-order valence-electron chi connectivity index (χ2n) is 21.8. The van der Waals surface area contributed by atoms with E-state index in [1.807, 2.05) is 0 Å². The summed E-state index contributed by atoms with van der Waals surface area (Å²) in [6.45, 7) is 20.4. The molecule has 0 spiro atoms. The first-order valence-electron chi connectivity index (χ1n) is 23.4. The summed E-state index contributed by atoms with van der Waals surface area (Å²) in [6.07, 6.45) is 0. The normalized spacial score (nSPS) is 13.7. The van der Waals surface area contributed by atoms with Crippen LogP contribution in [-0.4, -0.2) is 15.8 Å². The standard InChI is InChI=1S/C60H51BN2O3/c1-58(2,3)34-22-25-47-41(28-34)42-29-35(59(4,5)6)23-26-48(42)63(47)49-33-44-56(54-40-18-12-15-21-50(40)65-57(49)54)66-53-32-37(62-45-19-13-10-16-38(45)39-17-11-14-20-46(39)62)31-52-55(53)61(44)43-30-36(60(7,8)9)24-27-51(43)64-52/h10-33H,1-9H3. The van der Waals surface area contributed by atoms with Crippen molar-refractivity contribution in [1.29, 1.82) is 0 Å². The highest BCUT2D eigenvalue weighted by atomic mass is 16.5. The molecule has 8 aromatic carbocycles. The quantitative estimate of drug-likeness (QED) is 0.163. The second kappa shape index (κ2) is 13.2. The molecule has 5 nitrogen and oxygen atoms in total. The highest BCUT2D eigenvalue weighted by Crippen LogP contribution is 2.47. The monoisotopic (exact) mass is 858 g/mol. The van der Waals surface area contributed by atoms with Crippen molar-refractivity contribution < 1.29 is 13.9 Å². The van der Waals surface area contributed by atoms with Gasteiger partial charge in [-0.3, -0.25) is 0 Å². The van der Waals surface area contributed by atoms with Crippen molar-refractivity contribution in [1.82, 2.24) is 9.13 Å². The van der Waals surface area contributed by atoms with E-state index in [0.717, 1.165) is 94.8 Å². The molecular weight excluding hydrogens is 807 g/mol. The van der Waals surface area contributed by atoms with Gasteiger partial charge in [0.1, 0.15) is 28.6 Å². The minimum absolute atomic E-state index is 0.0196. The zero-order chi connectivity index (χ0) is 45.2. The second-order valence-corrected chi connectivity index (χ2v) is 21.8. The molecule has 0 radical (unpaired) electrons. The number of benzene rings is 8. The van der Waals surface area contributed by atoms with Crippen molar-refractivity contribution >= 4 is 88.7 Å². The first-order chi connectivity index (χ1) is 31.6. The summed E-state index contributed by atoms with van der Waals surface area (Å²) >= 11 is 0. The van der Waals surface area contributed by atoms with Crippen molar-refractivity contribution in [2.45, 2.75) is 78.6 Å². The van der Waals surface area contributed by atoms with Crippen LogP contribution in [0.1, 0.15) is 79.0 Å². The predicted octanol–water partition coefficient (Wildman–Crippen LogP) is 14.4. The number of rotatable bonds is 2. The maximum atomic E-state index is 7.47. The molecule has 2 aliphatic rings. The van der Waals surface area contributed by atoms with E-state index < -0.39 is 0 Å². The average molecular weight is 859 g/mol. The molecule has 66 heavy (non-hydrogen) atoms. The number of hydrogen-bond acceptors (Lipinski definition) is 3. The largest absolute Gasteiger partial charge is 0.458 e. The van der Waals surface area contributed by atoms with Crippen LogP contribution in [0.2, 0.25) is 0 Å². The van der Waals surface area contributed by atoms with Crippen LogP contribution >= 0.6 is 0 Å². The number of hydrogen-bond donors (Lipinski definition) is 0. The van der Waals surface area contributed by atoms with Crippen LogP contribution in [0.25, 0.3) is 76.9 Å². The molecule has 0 amide bonds. The fourth-order valence-electron chi connectivity index (χ4n) is 11.0. The molecule has 0 bridgehead atoms. The van der Waals surface area contributed by atoms with Gasteiger partial charge in [-0.1, -0.05) is 141 Å². The van der Waals surface area contributed by atoms with Crippen LogP contribution in [-0.2, 0) is 16.2 Å². The Balaban J connectivity index is 1.15. The third-order valence-corrected chi connectivity index (χ3v) is 14.5. The van der Waals surface area contributed by atoms with E-state index in [1.165, 1.54) is 38.2 Å². The van der Waals surface area contributed by atoms with Crippen LogP contribution in [0.15, 0.2) is 150 Å². The number of nitrogens with zero attached hydrogens (tertiary/aromatic N) is 2. The van der Waals surface area contributed by atoms with Gasteiger partial charge in [-0.05, 0) is 98.5 Å². The molecule has 0 saturated heterocycles. The maximum absolute atomic E-state index is 7.47. The van der Waals surface area contributed by atoms with Gasteiger partial charge in [-0.15, -0.1) is 0 Å². The molecule has 0 atom stereocenters. The summed E-state index contributed by atoms with van der Waals surface area (Å²) in [5, 5.41) is 6.88. The molecule has 5 heterocycles. The molecule has 11 aromatic rings. The number of aromatic nitrogens is 2. The lowest BCUT2D eigenvalue weighted by molar-refractivity contribution is 0.466. The van der Waals surface area contributed by atoms with E-state index >= 15 is 0 Å². The van der Waals surface area contributed by atoms with E-state index in [0.29, 0.717) is 0 Å². The predicted molar refractivity (Wildman–Crippen MR) is 276 cm³/mol. The third kappa shape index (κ3) is 5.54. The van der Waals surface area contributed by atoms with E-state index in [2.05, 4.69) is 217 Å². The van der Waals surface area contributed by atoms with Gasteiger partial charge in [-0.2, -0.15) is 0 Å². The van der Waals surface area contributed by atoms with Gasteiger partial charge in [0.05, 0.1) is 38.8 Å². The van der Waals surface area contributed by atoms with Crippen molar-refractivity contribution in [3.8, 4) is 34.4 Å². The van der Waals surface area contributed by atoms with Crippen molar-refractivity contribution in [2.24, 2.45) is 0 Å². The lowest BCUT2D eigenvalue weighted by atomic mass is 9.34. The Morgan fingerprint density at radius 3 is 1.55 bits per heavy atom. The van der Waals surface area contributed by atoms with Crippen molar-refractivity contribution in [3.63, 3.8) is 0 Å². The Morgan fingerprint density at radius 1 is 0.424 bits per heavy atom. The van der Waals surface area contributed by atoms with E-state index in [-0.39, 0.29) is 23.0 Å². The number of para-hydroxylation sites is 3. The van der Waals surface area contributed by atoms with Crippen LogP contribution in [0, 0.1) is 0 Å². The Kier molecular flexibility index (Phi) is 7.86. The van der Waals surface area contributed by atoms with E-state index in [9.17, 15) is 0 Å². The lowest BCUT2D eigenvalue weighted by Crippen LogP contribution is -2.57. The molecule has 0 aliphatic carbocycles. The Hall–Kier alpha value is -7.18. The smallest absolute Gasteiger partial charge is 0.260 e. The van der Waals surface area contributed by atoms with E-state index in [4.69, 9.17) is 13.9 Å². The van der Waals surface area contributed by atoms with Gasteiger partial charge < -0.3 is 23.0 Å². The SMILES string of the molecule is CC(C)(C)c1ccc2c(c1)B1c3cc(-n4c5ccc(C(C)(C)C)cc5c5cc(C(C)(C)C)ccc54)c4oc5ccccc5c4c3Oc3cc(-n4c5ccccc5c5ccccc54)cc(c31)O2. The first-order valence-corrected chi connectivity index (χ1v) is 23.4. The van der Waals surface area contributed by atoms with Crippen LogP contribution < -0.4 is 25.9 Å². The summed E-state index contributed by atoms with van der Waals surface area (Å²) in [6, 6.07) is 53.4. The molecule has 0 unspecified atom stereocenters. The summed E-state index contributed by atoms with van der Waals surface area (Å²) in [5.41, 5.74) is 15.1. The molecule has 2 aliphatic heterocycles. The molecule has 0 saturated carbocycles. The molecule has 3 aromatic heterocycles. The lowest BCUT2D eigenvalue weighted by Gasteiger charge is -2.35. The van der Waals surface area contributed by atoms with Gasteiger partial charge >= 0.3 is 0 Å². The van der Waals surface area contributed by atoms with Gasteiger partial charge in [0.25, 0.3) is 6.71 Å². The third-order valence-electron chi connectivity index (χ3n) is 14.5. The average Bonchev–Trinajstić information content (AvgIpc) is 3.95. The maximum Gasteiger partial charge on any atom is 0.260 e. The minimum Gasteiger partial charge on any atom is -0.458 e. The molecule has 13 rings (SSSR count). The van der Waals surface area contributed by atoms with Gasteiger partial charge in [0.15, 0.2) is 5.58 Å². The van der Waals surface area contributed by atoms with Crippen LogP contribution in [0.4, 0.5) is 0 Å². The first kappa shape index (κ1) is 39.2. The Morgan fingerprint density at radius 2 is 0.939 bits per heavy atom. The molecule has 6 heteroatoms. The van der Waals surface area contributed by atoms with Crippen molar-refractivity contribution in [2.75, 3.05) is 0 Å². The van der Waals surface area contributed by atoms with Gasteiger partial charge in [0, 0.05) is 44.5 Å². The zero-order valence-corrected chi connectivity index (χ0v) is 39.1. The number of furan rings is 1. The fourth-order valence-corrected chi connectivity index (χ4v) is 11.0. The van der Waals surface area contributed by atoms with Gasteiger partial charge in [-0.25, -0.2) is 0 Å². The number of fused-ring (bicyclic) bond motifs is 14.